The molecule has 0 saturated carbocycles. The number of aryl methyl sites for hydroxylation is 1. The minimum atomic E-state index is -0.501. The van der Waals surface area contributed by atoms with E-state index < -0.39 is 11.9 Å². The van der Waals surface area contributed by atoms with Crippen LogP contribution < -0.4 is 10.2 Å². The molecule has 39 heavy (non-hydrogen) atoms. The van der Waals surface area contributed by atoms with Crippen LogP contribution in [0.2, 0.25) is 10.0 Å². The Morgan fingerprint density at radius 2 is 1.72 bits per heavy atom. The molecule has 0 aliphatic rings. The smallest absolute Gasteiger partial charge is 0.343 e. The molecule has 0 fully saturated rings. The highest BCUT2D eigenvalue weighted by Crippen LogP contribution is 2.40. The van der Waals surface area contributed by atoms with E-state index in [1.54, 1.807) is 54.6 Å². The fraction of sp³-hybridized carbons (Fsp3) is 0.0333. The van der Waals surface area contributed by atoms with Crippen LogP contribution in [0.15, 0.2) is 94.5 Å². The second kappa shape index (κ2) is 11.5. The number of aromatic nitrogens is 1. The summed E-state index contributed by atoms with van der Waals surface area (Å²) in [6.07, 6.45) is 1.41. The third-order valence-corrected chi connectivity index (χ3v) is 7.03. The van der Waals surface area contributed by atoms with Crippen molar-refractivity contribution in [1.82, 2.24) is 10.4 Å². The van der Waals surface area contributed by atoms with E-state index in [9.17, 15) is 9.59 Å². The molecule has 5 aromatic rings. The Morgan fingerprint density at radius 3 is 2.51 bits per heavy atom. The van der Waals surface area contributed by atoms with E-state index in [-0.39, 0.29) is 5.69 Å². The Hall–Kier alpha value is -3.91. The Morgan fingerprint density at radius 1 is 0.949 bits per heavy atom. The molecule has 194 valence electrons. The second-order valence-corrected chi connectivity index (χ2v) is 10.4. The van der Waals surface area contributed by atoms with Gasteiger partial charge in [-0.25, -0.2) is 10.2 Å². The van der Waals surface area contributed by atoms with Crippen molar-refractivity contribution in [1.29, 1.82) is 0 Å². The summed E-state index contributed by atoms with van der Waals surface area (Å²) < 4.78 is 6.36. The molecule has 0 radical (unpaired) electrons. The average molecular weight is 621 g/mol. The Kier molecular flexibility index (Phi) is 7.84. The predicted molar refractivity (Wildman–Crippen MR) is 159 cm³/mol. The summed E-state index contributed by atoms with van der Waals surface area (Å²) in [5.41, 5.74) is 6.55. The van der Waals surface area contributed by atoms with Gasteiger partial charge in [0.2, 0.25) is 0 Å². The standard InChI is InChI=1S/C30H20BrCl2N3O3/c1-17-7-6-9-18(13-17)30(38)39-25-12-5-2-8-19(25)16-34-36-29(37)28-26(21-10-3-4-11-23(21)32)22-14-20(31)15-24(33)27(22)35-28/h2-16,35H,1H3,(H,36,37). The summed E-state index contributed by atoms with van der Waals surface area (Å²) in [7, 11) is 0. The molecule has 0 aliphatic heterocycles. The fourth-order valence-electron chi connectivity index (χ4n) is 4.16. The maximum atomic E-state index is 13.3. The van der Waals surface area contributed by atoms with E-state index in [1.165, 1.54) is 6.21 Å². The normalized spacial score (nSPS) is 11.2. The van der Waals surface area contributed by atoms with Gasteiger partial charge in [-0.3, -0.25) is 4.79 Å². The predicted octanol–water partition coefficient (Wildman–Crippen LogP) is 8.20. The molecule has 0 atom stereocenters. The first-order chi connectivity index (χ1) is 18.8. The maximum absolute atomic E-state index is 13.3. The van der Waals surface area contributed by atoms with Crippen LogP contribution in [0.3, 0.4) is 0 Å². The molecule has 0 bridgehead atoms. The first kappa shape index (κ1) is 26.7. The van der Waals surface area contributed by atoms with Crippen LogP contribution in [0.4, 0.5) is 0 Å². The Labute approximate surface area is 242 Å². The third-order valence-electron chi connectivity index (χ3n) is 5.94. The van der Waals surface area contributed by atoms with Gasteiger partial charge in [-0.1, -0.05) is 87.2 Å². The molecule has 0 spiro atoms. The summed E-state index contributed by atoms with van der Waals surface area (Å²) in [6, 6.07) is 24.9. The number of amides is 1. The lowest BCUT2D eigenvalue weighted by Gasteiger charge is -2.08. The van der Waals surface area contributed by atoms with Crippen LogP contribution in [-0.4, -0.2) is 23.1 Å². The van der Waals surface area contributed by atoms with Crippen LogP contribution in [0, 0.1) is 6.92 Å². The van der Waals surface area contributed by atoms with Gasteiger partial charge in [0.15, 0.2) is 0 Å². The number of H-pyrrole nitrogens is 1. The van der Waals surface area contributed by atoms with Crippen molar-refractivity contribution >= 4 is 68.1 Å². The van der Waals surface area contributed by atoms with Crippen LogP contribution >= 0.6 is 39.1 Å². The van der Waals surface area contributed by atoms with Gasteiger partial charge in [-0.05, 0) is 49.4 Å². The van der Waals surface area contributed by atoms with E-state index in [4.69, 9.17) is 27.9 Å². The SMILES string of the molecule is Cc1cccc(C(=O)Oc2ccccc2C=NNC(=O)c2[nH]c3c(Cl)cc(Br)cc3c2-c2ccccc2Cl)c1. The molecule has 9 heteroatoms. The number of esters is 1. The lowest BCUT2D eigenvalue weighted by molar-refractivity contribution is 0.0734. The molecule has 4 aromatic carbocycles. The molecular weight excluding hydrogens is 601 g/mol. The van der Waals surface area contributed by atoms with Gasteiger partial charge >= 0.3 is 5.97 Å². The summed E-state index contributed by atoms with van der Waals surface area (Å²) in [6.45, 7) is 1.90. The fourth-order valence-corrected chi connectivity index (χ4v) is 5.25. The Bertz CT molecular complexity index is 1760. The first-order valence-corrected chi connectivity index (χ1v) is 13.3. The molecule has 1 heterocycles. The number of fused-ring (bicyclic) bond motifs is 1. The zero-order valence-corrected chi connectivity index (χ0v) is 23.6. The van der Waals surface area contributed by atoms with E-state index in [0.717, 1.165) is 15.4 Å². The number of aromatic amines is 1. The van der Waals surface area contributed by atoms with Gasteiger partial charge in [0.1, 0.15) is 11.4 Å². The van der Waals surface area contributed by atoms with Crippen molar-refractivity contribution in [3.8, 4) is 16.9 Å². The zero-order chi connectivity index (χ0) is 27.5. The molecule has 2 N–H and O–H groups in total. The third kappa shape index (κ3) is 5.76. The van der Waals surface area contributed by atoms with Crippen molar-refractivity contribution in [2.45, 2.75) is 6.92 Å². The summed E-state index contributed by atoms with van der Waals surface area (Å²) in [5.74, 6) is -0.686. The largest absolute Gasteiger partial charge is 0.422 e. The topological polar surface area (TPSA) is 83.5 Å². The average Bonchev–Trinajstić information content (AvgIpc) is 3.29. The molecule has 1 aromatic heterocycles. The van der Waals surface area contributed by atoms with Crippen molar-refractivity contribution in [3.63, 3.8) is 0 Å². The molecule has 6 nitrogen and oxygen atoms in total. The number of nitrogens with one attached hydrogen (secondary N) is 2. The van der Waals surface area contributed by atoms with E-state index in [0.29, 0.717) is 43.6 Å². The van der Waals surface area contributed by atoms with Crippen molar-refractivity contribution in [2.75, 3.05) is 0 Å². The summed E-state index contributed by atoms with van der Waals surface area (Å²) in [5, 5.41) is 5.78. The van der Waals surface area contributed by atoms with E-state index >= 15 is 0 Å². The molecule has 5 rings (SSSR count). The van der Waals surface area contributed by atoms with Gasteiger partial charge in [0.25, 0.3) is 5.91 Å². The van der Waals surface area contributed by atoms with Gasteiger partial charge in [0, 0.05) is 31.6 Å². The van der Waals surface area contributed by atoms with Gasteiger partial charge in [0.05, 0.1) is 22.3 Å². The first-order valence-electron chi connectivity index (χ1n) is 11.8. The van der Waals surface area contributed by atoms with Gasteiger partial charge in [-0.15, -0.1) is 0 Å². The Balaban J connectivity index is 1.43. The lowest BCUT2D eigenvalue weighted by Crippen LogP contribution is -2.19. The number of ether oxygens (including phenoxy) is 1. The van der Waals surface area contributed by atoms with Gasteiger partial charge < -0.3 is 9.72 Å². The molecule has 0 saturated heterocycles. The van der Waals surface area contributed by atoms with Crippen molar-refractivity contribution in [2.24, 2.45) is 5.10 Å². The number of carbonyl (C=O) groups is 2. The molecule has 0 unspecified atom stereocenters. The van der Waals surface area contributed by atoms with Crippen LogP contribution in [0.1, 0.15) is 32.0 Å². The number of carbonyl (C=O) groups excluding carboxylic acids is 2. The number of hydrogen-bond donors (Lipinski definition) is 2. The van der Waals surface area contributed by atoms with E-state index in [2.05, 4.69) is 31.4 Å². The number of hydrogen-bond acceptors (Lipinski definition) is 4. The number of halogens is 3. The number of rotatable bonds is 6. The molecular formula is C30H20BrCl2N3O3. The maximum Gasteiger partial charge on any atom is 0.343 e. The van der Waals surface area contributed by atoms with Crippen molar-refractivity contribution < 1.29 is 14.3 Å². The number of hydrazone groups is 1. The minimum absolute atomic E-state index is 0.245. The van der Waals surface area contributed by atoms with E-state index in [1.807, 2.05) is 37.3 Å². The highest BCUT2D eigenvalue weighted by molar-refractivity contribution is 9.10. The summed E-state index contributed by atoms with van der Waals surface area (Å²) in [4.78, 5) is 29.1. The summed E-state index contributed by atoms with van der Waals surface area (Å²) >= 11 is 16.5. The number of nitrogens with zero attached hydrogens (tertiary/aromatic N) is 1. The highest BCUT2D eigenvalue weighted by Gasteiger charge is 2.22. The molecule has 1 amide bonds. The van der Waals surface area contributed by atoms with Gasteiger partial charge in [-0.2, -0.15) is 5.10 Å². The quantitative estimate of drug-likeness (QED) is 0.0868. The van der Waals surface area contributed by atoms with Crippen LogP contribution in [0.5, 0.6) is 5.75 Å². The number of benzene rings is 4. The second-order valence-electron chi connectivity index (χ2n) is 8.66. The minimum Gasteiger partial charge on any atom is -0.422 e. The van der Waals surface area contributed by atoms with Crippen LogP contribution in [0.25, 0.3) is 22.0 Å². The highest BCUT2D eigenvalue weighted by atomic mass is 79.9. The monoisotopic (exact) mass is 619 g/mol. The van der Waals surface area contributed by atoms with Crippen molar-refractivity contribution in [3.05, 3.63) is 122 Å². The molecule has 0 aliphatic carbocycles. The number of para-hydroxylation sites is 1. The lowest BCUT2D eigenvalue weighted by atomic mass is 10.0. The zero-order valence-electron chi connectivity index (χ0n) is 20.5. The van der Waals surface area contributed by atoms with Crippen LogP contribution in [-0.2, 0) is 0 Å².